The van der Waals surface area contributed by atoms with Gasteiger partial charge in [-0.2, -0.15) is 0 Å². The molecule has 2 heterocycles. The van der Waals surface area contributed by atoms with Gasteiger partial charge < -0.3 is 20.6 Å². The standard InChI is InChI=1S/C23H33N5O5/c1-12(2)17(26-20(29)16-10-24-8-9-25-16)21(30)27-18(13(3)4)22(31)28-11-14-6-5-7-15(14)19(28)23(32)33/h8-10,12-15,17-19H,5-7,11H2,1-4H3,(H,26,29)(H,27,30)(H,32,33)/t14-,15-,17-,18-,19?/m0/s1. The smallest absolute Gasteiger partial charge is 0.326 e. The van der Waals surface area contributed by atoms with E-state index in [0.717, 1.165) is 19.3 Å². The highest BCUT2D eigenvalue weighted by atomic mass is 16.4. The van der Waals surface area contributed by atoms with Crippen molar-refractivity contribution in [3.8, 4) is 0 Å². The lowest BCUT2D eigenvalue weighted by atomic mass is 9.94. The molecule has 0 aromatic carbocycles. The molecule has 1 aliphatic carbocycles. The van der Waals surface area contributed by atoms with Gasteiger partial charge in [-0.1, -0.05) is 34.1 Å². The summed E-state index contributed by atoms with van der Waals surface area (Å²) in [4.78, 5) is 60.4. The highest BCUT2D eigenvalue weighted by Crippen LogP contribution is 2.42. The molecule has 1 unspecified atom stereocenters. The minimum Gasteiger partial charge on any atom is -0.480 e. The molecule has 1 saturated heterocycles. The highest BCUT2D eigenvalue weighted by molar-refractivity contribution is 5.97. The molecule has 2 aliphatic rings. The molecule has 1 aromatic rings. The largest absolute Gasteiger partial charge is 0.480 e. The number of hydrogen-bond acceptors (Lipinski definition) is 6. The van der Waals surface area contributed by atoms with E-state index in [-0.39, 0.29) is 35.3 Å². The normalized spacial score (nSPS) is 23.8. The average Bonchev–Trinajstić information content (AvgIpc) is 3.36. The maximum absolute atomic E-state index is 13.4. The molecule has 2 fully saturated rings. The van der Waals surface area contributed by atoms with Crippen LogP contribution >= 0.6 is 0 Å². The Hall–Kier alpha value is -3.04. The van der Waals surface area contributed by atoms with Gasteiger partial charge in [0.15, 0.2) is 0 Å². The van der Waals surface area contributed by atoms with Crippen LogP contribution < -0.4 is 10.6 Å². The Labute approximate surface area is 193 Å². The lowest BCUT2D eigenvalue weighted by molar-refractivity contribution is -0.151. The summed E-state index contributed by atoms with van der Waals surface area (Å²) in [6.45, 7) is 7.58. The van der Waals surface area contributed by atoms with Gasteiger partial charge in [0, 0.05) is 18.9 Å². The number of aliphatic carboxylic acids is 1. The van der Waals surface area contributed by atoms with Gasteiger partial charge in [0.2, 0.25) is 11.8 Å². The van der Waals surface area contributed by atoms with Crippen LogP contribution in [0.25, 0.3) is 0 Å². The fourth-order valence-electron chi connectivity index (χ4n) is 4.95. The van der Waals surface area contributed by atoms with Crippen LogP contribution in [0.3, 0.4) is 0 Å². The van der Waals surface area contributed by atoms with Crippen molar-refractivity contribution >= 4 is 23.7 Å². The molecule has 3 rings (SSSR count). The number of carbonyl (C=O) groups is 4. The van der Waals surface area contributed by atoms with Crippen molar-refractivity contribution in [2.24, 2.45) is 23.7 Å². The number of carbonyl (C=O) groups excluding carboxylic acids is 3. The van der Waals surface area contributed by atoms with Crippen LogP contribution in [0.4, 0.5) is 0 Å². The van der Waals surface area contributed by atoms with Crippen molar-refractivity contribution < 1.29 is 24.3 Å². The molecule has 1 aliphatic heterocycles. The Morgan fingerprint density at radius 3 is 2.30 bits per heavy atom. The topological polar surface area (TPSA) is 142 Å². The van der Waals surface area contributed by atoms with Crippen molar-refractivity contribution in [1.82, 2.24) is 25.5 Å². The minimum absolute atomic E-state index is 0.0374. The van der Waals surface area contributed by atoms with E-state index >= 15 is 0 Å². The van der Waals surface area contributed by atoms with E-state index in [0.29, 0.717) is 6.54 Å². The molecule has 0 bridgehead atoms. The predicted octanol–water partition coefficient (Wildman–Crippen LogP) is 1.08. The van der Waals surface area contributed by atoms with Gasteiger partial charge in [0.25, 0.3) is 5.91 Å². The van der Waals surface area contributed by atoms with E-state index in [9.17, 15) is 24.3 Å². The first kappa shape index (κ1) is 24.6. The third kappa shape index (κ3) is 5.31. The Morgan fingerprint density at radius 2 is 1.73 bits per heavy atom. The van der Waals surface area contributed by atoms with Crippen LogP contribution in [0.15, 0.2) is 18.6 Å². The van der Waals surface area contributed by atoms with Gasteiger partial charge in [-0.3, -0.25) is 19.4 Å². The molecule has 1 saturated carbocycles. The van der Waals surface area contributed by atoms with Gasteiger partial charge in [-0.25, -0.2) is 9.78 Å². The fourth-order valence-corrected chi connectivity index (χ4v) is 4.95. The van der Waals surface area contributed by atoms with E-state index in [1.165, 1.54) is 23.5 Å². The zero-order valence-corrected chi connectivity index (χ0v) is 19.5. The molecule has 0 radical (unpaired) electrons. The number of rotatable bonds is 8. The van der Waals surface area contributed by atoms with Crippen molar-refractivity contribution in [2.45, 2.75) is 65.1 Å². The Morgan fingerprint density at radius 1 is 1.03 bits per heavy atom. The molecular weight excluding hydrogens is 426 g/mol. The first-order chi connectivity index (χ1) is 15.6. The first-order valence-corrected chi connectivity index (χ1v) is 11.5. The summed E-state index contributed by atoms with van der Waals surface area (Å²) in [5.74, 6) is -2.79. The maximum atomic E-state index is 13.4. The number of likely N-dealkylation sites (tertiary alicyclic amines) is 1. The lowest BCUT2D eigenvalue weighted by Crippen LogP contribution is -2.58. The van der Waals surface area contributed by atoms with Crippen LogP contribution in [-0.2, 0) is 14.4 Å². The number of carboxylic acids is 1. The summed E-state index contributed by atoms with van der Waals surface area (Å²) in [5.41, 5.74) is 0.0837. The summed E-state index contributed by atoms with van der Waals surface area (Å²) in [7, 11) is 0. The molecule has 33 heavy (non-hydrogen) atoms. The SMILES string of the molecule is CC(C)[C@H](NC(=O)c1cnccn1)C(=O)N[C@H](C(=O)N1C[C@@H]2CCC[C@@H]2C1C(=O)O)C(C)C. The number of amides is 3. The van der Waals surface area contributed by atoms with Crippen molar-refractivity contribution in [3.63, 3.8) is 0 Å². The summed E-state index contributed by atoms with van der Waals surface area (Å²) in [6, 6.07) is -2.66. The molecule has 10 nitrogen and oxygen atoms in total. The predicted molar refractivity (Wildman–Crippen MR) is 119 cm³/mol. The van der Waals surface area contributed by atoms with E-state index in [1.54, 1.807) is 27.7 Å². The summed E-state index contributed by atoms with van der Waals surface area (Å²) in [5, 5.41) is 15.3. The average molecular weight is 460 g/mol. The summed E-state index contributed by atoms with van der Waals surface area (Å²) < 4.78 is 0. The highest BCUT2D eigenvalue weighted by Gasteiger charge is 2.51. The van der Waals surface area contributed by atoms with Gasteiger partial charge >= 0.3 is 5.97 Å². The zero-order valence-electron chi connectivity index (χ0n) is 19.5. The Bertz CT molecular complexity index is 890. The quantitative estimate of drug-likeness (QED) is 0.528. The van der Waals surface area contributed by atoms with E-state index in [1.807, 2.05) is 0 Å². The third-order valence-corrected chi connectivity index (χ3v) is 6.69. The van der Waals surface area contributed by atoms with Crippen LogP contribution in [0.2, 0.25) is 0 Å². The van der Waals surface area contributed by atoms with Gasteiger partial charge in [-0.15, -0.1) is 0 Å². The molecule has 0 spiro atoms. The molecule has 3 N–H and O–H groups in total. The fraction of sp³-hybridized carbons (Fsp3) is 0.652. The van der Waals surface area contributed by atoms with Gasteiger partial charge in [0.1, 0.15) is 23.8 Å². The van der Waals surface area contributed by atoms with Crippen molar-refractivity contribution in [1.29, 1.82) is 0 Å². The number of nitrogens with one attached hydrogen (secondary N) is 2. The van der Waals surface area contributed by atoms with Crippen LogP contribution in [0.5, 0.6) is 0 Å². The van der Waals surface area contributed by atoms with E-state index in [2.05, 4.69) is 20.6 Å². The van der Waals surface area contributed by atoms with E-state index < -0.39 is 35.9 Å². The number of nitrogens with zero attached hydrogens (tertiary/aromatic N) is 3. The van der Waals surface area contributed by atoms with Crippen molar-refractivity contribution in [3.05, 3.63) is 24.3 Å². The molecule has 1 aromatic heterocycles. The third-order valence-electron chi connectivity index (χ3n) is 6.69. The number of fused-ring (bicyclic) bond motifs is 1. The summed E-state index contributed by atoms with van der Waals surface area (Å²) in [6.07, 6.45) is 6.83. The molecule has 10 heteroatoms. The van der Waals surface area contributed by atoms with E-state index in [4.69, 9.17) is 0 Å². The second-order valence-electron chi connectivity index (χ2n) is 9.64. The zero-order chi connectivity index (χ0) is 24.3. The second-order valence-corrected chi connectivity index (χ2v) is 9.64. The monoisotopic (exact) mass is 459 g/mol. The summed E-state index contributed by atoms with van der Waals surface area (Å²) >= 11 is 0. The lowest BCUT2D eigenvalue weighted by Gasteiger charge is -2.32. The Kier molecular flexibility index (Phi) is 7.65. The maximum Gasteiger partial charge on any atom is 0.326 e. The molecule has 3 amide bonds. The van der Waals surface area contributed by atoms with Crippen LogP contribution in [0.1, 0.15) is 57.4 Å². The molecule has 5 atom stereocenters. The number of carboxylic acid groups (broad SMARTS) is 1. The van der Waals surface area contributed by atoms with Crippen LogP contribution in [-0.4, -0.2) is 68.3 Å². The molecule has 180 valence electrons. The first-order valence-electron chi connectivity index (χ1n) is 11.5. The van der Waals surface area contributed by atoms with Gasteiger partial charge in [0.05, 0.1) is 6.20 Å². The number of aromatic nitrogens is 2. The van der Waals surface area contributed by atoms with Crippen molar-refractivity contribution in [2.75, 3.05) is 6.54 Å². The molecular formula is C23H33N5O5. The second kappa shape index (κ2) is 10.3. The van der Waals surface area contributed by atoms with Crippen LogP contribution in [0, 0.1) is 23.7 Å². The number of hydrogen-bond donors (Lipinski definition) is 3. The van der Waals surface area contributed by atoms with Gasteiger partial charge in [-0.05, 0) is 36.5 Å². The minimum atomic E-state index is -0.997. The Balaban J connectivity index is 1.74.